The van der Waals surface area contributed by atoms with Gasteiger partial charge >= 0.3 is 0 Å². The highest BCUT2D eigenvalue weighted by molar-refractivity contribution is 5.57. The summed E-state index contributed by atoms with van der Waals surface area (Å²) in [7, 11) is 0. The Bertz CT molecular complexity index is 456. The Morgan fingerprint density at radius 1 is 1.19 bits per heavy atom. The highest BCUT2D eigenvalue weighted by atomic mass is 16.5. The van der Waals surface area contributed by atoms with Crippen LogP contribution in [0.4, 0.5) is 11.6 Å². The van der Waals surface area contributed by atoms with E-state index >= 15 is 0 Å². The minimum Gasteiger partial charge on any atom is -0.381 e. The van der Waals surface area contributed by atoms with Gasteiger partial charge in [-0.2, -0.15) is 0 Å². The van der Waals surface area contributed by atoms with E-state index in [-0.39, 0.29) is 0 Å². The van der Waals surface area contributed by atoms with Crippen LogP contribution in [0, 0.1) is 6.92 Å². The maximum atomic E-state index is 5.42. The molecule has 0 unspecified atom stereocenters. The second-order valence-electron chi connectivity index (χ2n) is 6.02. The monoisotopic (exact) mass is 292 g/mol. The molecule has 0 spiro atoms. The molecule has 0 amide bonds. The molecule has 0 atom stereocenters. The van der Waals surface area contributed by atoms with Crippen LogP contribution in [0.5, 0.6) is 0 Å². The van der Waals surface area contributed by atoms with Crippen molar-refractivity contribution in [2.45, 2.75) is 58.9 Å². The summed E-state index contributed by atoms with van der Waals surface area (Å²) < 4.78 is 5.42. The van der Waals surface area contributed by atoms with Crippen molar-refractivity contribution in [2.75, 3.05) is 30.4 Å². The van der Waals surface area contributed by atoms with Crippen LogP contribution in [0.1, 0.15) is 57.3 Å². The van der Waals surface area contributed by atoms with Crippen LogP contribution in [0.15, 0.2) is 0 Å². The largest absolute Gasteiger partial charge is 0.381 e. The van der Waals surface area contributed by atoms with Crippen molar-refractivity contribution < 1.29 is 4.74 Å². The van der Waals surface area contributed by atoms with Crippen LogP contribution in [-0.4, -0.2) is 35.8 Å². The molecule has 118 valence electrons. The van der Waals surface area contributed by atoms with Crippen molar-refractivity contribution in [1.29, 1.82) is 0 Å². The zero-order chi connectivity index (χ0) is 15.2. The number of hydrogen-bond donors (Lipinski definition) is 2. The van der Waals surface area contributed by atoms with E-state index in [4.69, 9.17) is 9.72 Å². The zero-order valence-corrected chi connectivity index (χ0v) is 13.7. The first-order chi connectivity index (χ1) is 10.1. The lowest BCUT2D eigenvalue weighted by Crippen LogP contribution is -2.29. The van der Waals surface area contributed by atoms with Crippen LogP contribution in [0.25, 0.3) is 0 Å². The summed E-state index contributed by atoms with van der Waals surface area (Å²) in [6, 6.07) is 0.450. The van der Waals surface area contributed by atoms with Gasteiger partial charge in [-0.25, -0.2) is 9.97 Å². The minimum absolute atomic E-state index is 0.322. The first-order valence-corrected chi connectivity index (χ1v) is 8.08. The summed E-state index contributed by atoms with van der Waals surface area (Å²) in [5.74, 6) is 3.15. The molecular formula is C16H28N4O. The summed E-state index contributed by atoms with van der Waals surface area (Å²) in [5, 5.41) is 7.01. The lowest BCUT2D eigenvalue weighted by molar-refractivity contribution is 0.0903. The molecule has 1 aliphatic rings. The third-order valence-corrected chi connectivity index (χ3v) is 3.78. The number of rotatable bonds is 6. The quantitative estimate of drug-likeness (QED) is 0.842. The molecule has 2 rings (SSSR count). The normalized spacial score (nSPS) is 16.2. The Kier molecular flexibility index (Phi) is 5.79. The van der Waals surface area contributed by atoms with Gasteiger partial charge in [-0.05, 0) is 26.2 Å². The summed E-state index contributed by atoms with van der Waals surface area (Å²) in [6.07, 6.45) is 3.17. The minimum atomic E-state index is 0.322. The number of nitrogens with zero attached hydrogens (tertiary/aromatic N) is 2. The Labute approximate surface area is 127 Å². The second-order valence-corrected chi connectivity index (χ2v) is 6.02. The van der Waals surface area contributed by atoms with Crippen molar-refractivity contribution in [3.63, 3.8) is 0 Å². The Morgan fingerprint density at radius 2 is 1.86 bits per heavy atom. The van der Waals surface area contributed by atoms with Crippen molar-refractivity contribution in [1.82, 2.24) is 9.97 Å². The fraction of sp³-hybridized carbons (Fsp3) is 0.750. The summed E-state index contributed by atoms with van der Waals surface area (Å²) in [4.78, 5) is 9.41. The van der Waals surface area contributed by atoms with Crippen molar-refractivity contribution >= 4 is 11.6 Å². The average Bonchev–Trinajstić information content (AvgIpc) is 2.49. The van der Waals surface area contributed by atoms with E-state index in [0.29, 0.717) is 12.0 Å². The number of nitrogens with one attached hydrogen (secondary N) is 2. The third-order valence-electron chi connectivity index (χ3n) is 3.78. The van der Waals surface area contributed by atoms with Gasteiger partial charge < -0.3 is 15.4 Å². The van der Waals surface area contributed by atoms with Gasteiger partial charge in [0.2, 0.25) is 0 Å². The fourth-order valence-electron chi connectivity index (χ4n) is 2.38. The zero-order valence-electron chi connectivity index (χ0n) is 13.7. The van der Waals surface area contributed by atoms with Gasteiger partial charge in [0, 0.05) is 37.3 Å². The Balaban J connectivity index is 2.22. The maximum absolute atomic E-state index is 5.42. The van der Waals surface area contributed by atoms with Crippen LogP contribution < -0.4 is 10.6 Å². The van der Waals surface area contributed by atoms with E-state index in [2.05, 4.69) is 43.3 Å². The van der Waals surface area contributed by atoms with Crippen LogP contribution in [0.3, 0.4) is 0 Å². The van der Waals surface area contributed by atoms with Crippen molar-refractivity contribution in [3.8, 4) is 0 Å². The summed E-state index contributed by atoms with van der Waals surface area (Å²) >= 11 is 0. The molecular weight excluding hydrogens is 264 g/mol. The molecule has 0 bridgehead atoms. The van der Waals surface area contributed by atoms with Gasteiger partial charge in [0.25, 0.3) is 0 Å². The van der Waals surface area contributed by atoms with Crippen molar-refractivity contribution in [2.24, 2.45) is 0 Å². The standard InChI is InChI=1S/C16H28N4O/c1-5-8-17-15-12(4)16(20-14(19-15)11(2)3)18-13-6-9-21-10-7-13/h11,13H,5-10H2,1-4H3,(H2,17,18,19,20). The van der Waals surface area contributed by atoms with Gasteiger partial charge in [-0.1, -0.05) is 20.8 Å². The predicted octanol–water partition coefficient (Wildman–Crippen LogP) is 3.32. The van der Waals surface area contributed by atoms with E-state index < -0.39 is 0 Å². The maximum Gasteiger partial charge on any atom is 0.135 e. The molecule has 1 aromatic heterocycles. The molecule has 0 aromatic carbocycles. The molecule has 0 radical (unpaired) electrons. The van der Waals surface area contributed by atoms with Crippen LogP contribution in [-0.2, 0) is 4.74 Å². The molecule has 5 heteroatoms. The van der Waals surface area contributed by atoms with Gasteiger partial charge in [-0.3, -0.25) is 0 Å². The van der Waals surface area contributed by atoms with E-state index in [1.165, 1.54) is 0 Å². The predicted molar refractivity (Wildman–Crippen MR) is 87.1 cm³/mol. The molecule has 1 fully saturated rings. The topological polar surface area (TPSA) is 59.1 Å². The van der Waals surface area contributed by atoms with E-state index in [1.54, 1.807) is 0 Å². The van der Waals surface area contributed by atoms with Gasteiger partial charge in [-0.15, -0.1) is 0 Å². The SMILES string of the molecule is CCCNc1nc(C(C)C)nc(NC2CCOCC2)c1C. The highest BCUT2D eigenvalue weighted by Gasteiger charge is 2.18. The lowest BCUT2D eigenvalue weighted by Gasteiger charge is -2.25. The highest BCUT2D eigenvalue weighted by Crippen LogP contribution is 2.25. The molecule has 2 heterocycles. The Hall–Kier alpha value is -1.36. The molecule has 1 aromatic rings. The number of aromatic nitrogens is 2. The molecule has 0 saturated carbocycles. The fourth-order valence-corrected chi connectivity index (χ4v) is 2.38. The van der Waals surface area contributed by atoms with E-state index in [1.807, 2.05) is 0 Å². The molecule has 1 saturated heterocycles. The average molecular weight is 292 g/mol. The number of hydrogen-bond acceptors (Lipinski definition) is 5. The van der Waals surface area contributed by atoms with Crippen LogP contribution >= 0.6 is 0 Å². The van der Waals surface area contributed by atoms with Crippen molar-refractivity contribution in [3.05, 3.63) is 11.4 Å². The van der Waals surface area contributed by atoms with Gasteiger partial charge in [0.15, 0.2) is 0 Å². The molecule has 0 aliphatic carbocycles. The molecule has 2 N–H and O–H groups in total. The number of ether oxygens (including phenoxy) is 1. The van der Waals surface area contributed by atoms with Gasteiger partial charge in [0.05, 0.1) is 0 Å². The second kappa shape index (κ2) is 7.59. The molecule has 1 aliphatic heterocycles. The third kappa shape index (κ3) is 4.30. The van der Waals surface area contributed by atoms with Gasteiger partial charge in [0.1, 0.15) is 17.5 Å². The molecule has 5 nitrogen and oxygen atoms in total. The first kappa shape index (κ1) is 16.0. The van der Waals surface area contributed by atoms with E-state index in [9.17, 15) is 0 Å². The Morgan fingerprint density at radius 3 is 2.48 bits per heavy atom. The number of anilines is 2. The summed E-state index contributed by atoms with van der Waals surface area (Å²) in [6.45, 7) is 11.1. The van der Waals surface area contributed by atoms with Crippen LogP contribution in [0.2, 0.25) is 0 Å². The molecule has 21 heavy (non-hydrogen) atoms. The lowest BCUT2D eigenvalue weighted by atomic mass is 10.1. The first-order valence-electron chi connectivity index (χ1n) is 8.08. The smallest absolute Gasteiger partial charge is 0.135 e. The summed E-state index contributed by atoms with van der Waals surface area (Å²) in [5.41, 5.74) is 1.11. The van der Waals surface area contributed by atoms with E-state index in [0.717, 1.165) is 62.0 Å².